The zero-order chi connectivity index (χ0) is 14.9. The molecule has 0 saturated carbocycles. The van der Waals surface area contributed by atoms with Crippen molar-refractivity contribution in [3.8, 4) is 5.75 Å². The number of rotatable bonds is 4. The van der Waals surface area contributed by atoms with Crippen molar-refractivity contribution in [2.24, 2.45) is 0 Å². The van der Waals surface area contributed by atoms with Gasteiger partial charge >= 0.3 is 0 Å². The Kier molecular flexibility index (Phi) is 4.56. The Labute approximate surface area is 128 Å². The Bertz CT molecular complexity index is 627. The van der Waals surface area contributed by atoms with Crippen LogP contribution in [-0.2, 0) is 11.2 Å². The highest BCUT2D eigenvalue weighted by atomic mass is 35.5. The summed E-state index contributed by atoms with van der Waals surface area (Å²) in [5, 5.41) is 10.4. The van der Waals surface area contributed by atoms with Gasteiger partial charge in [-0.1, -0.05) is 35.3 Å². The lowest BCUT2D eigenvalue weighted by molar-refractivity contribution is -0.115. The highest BCUT2D eigenvalue weighted by molar-refractivity contribution is 6.46. The summed E-state index contributed by atoms with van der Waals surface area (Å²) in [6, 6.07) is 5.37. The highest BCUT2D eigenvalue weighted by Gasteiger charge is 2.24. The number of aromatic hydroxyl groups is 1. The normalized spacial score (nSPS) is 15.2. The lowest BCUT2D eigenvalue weighted by atomic mass is 10.00. The van der Waals surface area contributed by atoms with Crippen molar-refractivity contribution in [3.05, 3.63) is 50.5 Å². The first-order valence-corrected chi connectivity index (χ1v) is 7.21. The molecule has 1 N–H and O–H groups in total. The van der Waals surface area contributed by atoms with Crippen molar-refractivity contribution in [1.29, 1.82) is 0 Å². The fraction of sp³-hybridized carbons (Fsp3) is 0.312. The van der Waals surface area contributed by atoms with E-state index in [-0.39, 0.29) is 11.5 Å². The maximum absolute atomic E-state index is 12.2. The SMILES string of the molecule is CC1=C(Cl)C(Cl)=C(C(=O)CCc2ccc(O)c(C)c2)C1. The summed E-state index contributed by atoms with van der Waals surface area (Å²) in [4.78, 5) is 12.2. The number of carbonyl (C=O) groups excluding carboxylic acids is 1. The van der Waals surface area contributed by atoms with Crippen LogP contribution in [0.4, 0.5) is 0 Å². The van der Waals surface area contributed by atoms with Crippen molar-refractivity contribution in [1.82, 2.24) is 0 Å². The van der Waals surface area contributed by atoms with Gasteiger partial charge in [0.05, 0.1) is 10.1 Å². The van der Waals surface area contributed by atoms with E-state index in [0.29, 0.717) is 34.9 Å². The van der Waals surface area contributed by atoms with Crippen molar-refractivity contribution < 1.29 is 9.90 Å². The largest absolute Gasteiger partial charge is 0.508 e. The minimum absolute atomic E-state index is 0.0377. The quantitative estimate of drug-likeness (QED) is 0.881. The second-order valence-corrected chi connectivity index (χ2v) is 5.86. The van der Waals surface area contributed by atoms with Gasteiger partial charge in [-0.25, -0.2) is 0 Å². The molecule has 0 bridgehead atoms. The lowest BCUT2D eigenvalue weighted by Gasteiger charge is -2.05. The van der Waals surface area contributed by atoms with E-state index in [0.717, 1.165) is 16.7 Å². The molecule has 0 aliphatic heterocycles. The molecule has 0 aromatic heterocycles. The molecule has 1 aromatic rings. The Morgan fingerprint density at radius 2 is 1.95 bits per heavy atom. The van der Waals surface area contributed by atoms with E-state index in [2.05, 4.69) is 0 Å². The summed E-state index contributed by atoms with van der Waals surface area (Å²) in [6.07, 6.45) is 1.57. The fourth-order valence-electron chi connectivity index (χ4n) is 2.24. The Balaban J connectivity index is 2.02. The second kappa shape index (κ2) is 6.02. The predicted molar refractivity (Wildman–Crippen MR) is 82.2 cm³/mol. The van der Waals surface area contributed by atoms with Crippen LogP contribution >= 0.6 is 23.2 Å². The molecule has 1 aliphatic rings. The van der Waals surface area contributed by atoms with Crippen LogP contribution in [0.2, 0.25) is 0 Å². The molecular formula is C16H16Cl2O2. The van der Waals surface area contributed by atoms with Gasteiger partial charge in [0.2, 0.25) is 0 Å². The van der Waals surface area contributed by atoms with E-state index in [9.17, 15) is 9.90 Å². The fourth-order valence-corrected chi connectivity index (χ4v) is 2.76. The third-order valence-corrected chi connectivity index (χ3v) is 4.54. The number of halogens is 2. The van der Waals surface area contributed by atoms with E-state index in [1.807, 2.05) is 26.0 Å². The number of ketones is 1. The van der Waals surface area contributed by atoms with Crippen LogP contribution in [0.5, 0.6) is 5.75 Å². The van der Waals surface area contributed by atoms with Crippen LogP contribution in [0.3, 0.4) is 0 Å². The van der Waals surface area contributed by atoms with Gasteiger partial charge < -0.3 is 5.11 Å². The van der Waals surface area contributed by atoms with Crippen LogP contribution in [-0.4, -0.2) is 10.9 Å². The first-order valence-electron chi connectivity index (χ1n) is 6.46. The van der Waals surface area contributed by atoms with Crippen molar-refractivity contribution in [2.45, 2.75) is 33.1 Å². The van der Waals surface area contributed by atoms with E-state index in [1.54, 1.807) is 6.07 Å². The molecule has 1 aromatic carbocycles. The first-order chi connectivity index (χ1) is 9.40. The molecule has 106 valence electrons. The zero-order valence-corrected chi connectivity index (χ0v) is 13.0. The number of hydrogen-bond donors (Lipinski definition) is 1. The van der Waals surface area contributed by atoms with E-state index < -0.39 is 0 Å². The minimum atomic E-state index is 0.0377. The molecule has 0 saturated heterocycles. The Morgan fingerprint density at radius 3 is 2.50 bits per heavy atom. The monoisotopic (exact) mass is 310 g/mol. The number of hydrogen-bond acceptors (Lipinski definition) is 2. The van der Waals surface area contributed by atoms with Crippen LogP contribution in [0, 0.1) is 6.92 Å². The Morgan fingerprint density at radius 1 is 1.25 bits per heavy atom. The van der Waals surface area contributed by atoms with Gasteiger partial charge in [-0.15, -0.1) is 0 Å². The van der Waals surface area contributed by atoms with E-state index in [4.69, 9.17) is 23.2 Å². The molecule has 2 nitrogen and oxygen atoms in total. The summed E-state index contributed by atoms with van der Waals surface area (Å²) in [5.74, 6) is 0.309. The standard InChI is InChI=1S/C16H16Cl2O2/c1-9-7-11(3-5-13(9)19)4-6-14(20)12-8-10(2)15(17)16(12)18/h3,5,7,19H,4,6,8H2,1-2H3. The summed E-state index contributed by atoms with van der Waals surface area (Å²) < 4.78 is 0. The molecule has 0 amide bonds. The number of phenols is 1. The maximum atomic E-state index is 12.2. The van der Waals surface area contributed by atoms with Crippen molar-refractivity contribution >= 4 is 29.0 Å². The number of phenolic OH excluding ortho intramolecular Hbond substituents is 1. The average molecular weight is 311 g/mol. The Hall–Kier alpha value is -1.25. The smallest absolute Gasteiger partial charge is 0.161 e. The molecule has 0 unspecified atom stereocenters. The van der Waals surface area contributed by atoms with Crippen LogP contribution < -0.4 is 0 Å². The topological polar surface area (TPSA) is 37.3 Å². The van der Waals surface area contributed by atoms with Gasteiger partial charge in [-0.3, -0.25) is 4.79 Å². The molecule has 0 heterocycles. The van der Waals surface area contributed by atoms with E-state index >= 15 is 0 Å². The van der Waals surface area contributed by atoms with Crippen molar-refractivity contribution in [3.63, 3.8) is 0 Å². The zero-order valence-electron chi connectivity index (χ0n) is 11.5. The van der Waals surface area contributed by atoms with Crippen LogP contribution in [0.1, 0.15) is 30.9 Å². The number of carbonyl (C=O) groups is 1. The number of benzene rings is 1. The summed E-state index contributed by atoms with van der Waals surface area (Å²) in [7, 11) is 0. The third-order valence-electron chi connectivity index (χ3n) is 3.51. The molecule has 0 fully saturated rings. The summed E-state index contributed by atoms with van der Waals surface area (Å²) >= 11 is 12.1. The summed E-state index contributed by atoms with van der Waals surface area (Å²) in [5.41, 5.74) is 3.40. The molecule has 20 heavy (non-hydrogen) atoms. The molecular weight excluding hydrogens is 295 g/mol. The van der Waals surface area contributed by atoms with Gasteiger partial charge in [-0.05, 0) is 49.5 Å². The molecule has 1 aliphatic carbocycles. The maximum Gasteiger partial charge on any atom is 0.161 e. The highest BCUT2D eigenvalue weighted by Crippen LogP contribution is 2.37. The minimum Gasteiger partial charge on any atom is -0.508 e. The number of Topliss-reactive ketones (excluding diaryl/α,β-unsaturated/α-hetero) is 1. The number of aryl methyl sites for hydroxylation is 2. The number of allylic oxidation sites excluding steroid dienone is 4. The van der Waals surface area contributed by atoms with Crippen molar-refractivity contribution in [2.75, 3.05) is 0 Å². The molecule has 0 atom stereocenters. The first kappa shape index (κ1) is 15.1. The second-order valence-electron chi connectivity index (χ2n) is 5.11. The predicted octanol–water partition coefficient (Wildman–Crippen LogP) is 4.61. The van der Waals surface area contributed by atoms with E-state index in [1.165, 1.54) is 0 Å². The average Bonchev–Trinajstić information content (AvgIpc) is 2.67. The van der Waals surface area contributed by atoms with Gasteiger partial charge in [0.15, 0.2) is 5.78 Å². The summed E-state index contributed by atoms with van der Waals surface area (Å²) in [6.45, 7) is 3.72. The van der Waals surface area contributed by atoms with Gasteiger partial charge in [-0.2, -0.15) is 0 Å². The van der Waals surface area contributed by atoms with Crippen LogP contribution in [0.15, 0.2) is 39.4 Å². The molecule has 4 heteroatoms. The van der Waals surface area contributed by atoms with Crippen LogP contribution in [0.25, 0.3) is 0 Å². The van der Waals surface area contributed by atoms with Gasteiger partial charge in [0.1, 0.15) is 5.75 Å². The third kappa shape index (κ3) is 3.08. The molecule has 0 radical (unpaired) electrons. The molecule has 2 rings (SSSR count). The molecule has 0 spiro atoms. The van der Waals surface area contributed by atoms with Gasteiger partial charge in [0.25, 0.3) is 0 Å². The van der Waals surface area contributed by atoms with Gasteiger partial charge in [0, 0.05) is 12.0 Å². The lowest BCUT2D eigenvalue weighted by Crippen LogP contribution is -2.04.